The molecule has 1 saturated heterocycles. The van der Waals surface area contributed by atoms with Gasteiger partial charge in [0.1, 0.15) is 11.8 Å². The van der Waals surface area contributed by atoms with E-state index in [1.54, 1.807) is 24.3 Å². The van der Waals surface area contributed by atoms with Crippen LogP contribution in [0.5, 0.6) is 5.75 Å². The summed E-state index contributed by atoms with van der Waals surface area (Å²) in [6.45, 7) is 9.59. The molecular weight excluding hydrogens is 344 g/mol. The van der Waals surface area contributed by atoms with Crippen LogP contribution in [0.4, 0.5) is 0 Å². The lowest BCUT2D eigenvalue weighted by Crippen LogP contribution is -2.50. The summed E-state index contributed by atoms with van der Waals surface area (Å²) in [5.74, 6) is 0.0291. The van der Waals surface area contributed by atoms with Crippen LogP contribution in [0.1, 0.15) is 30.6 Å². The molecule has 0 bridgehead atoms. The highest BCUT2D eigenvalue weighted by Crippen LogP contribution is 2.17. The van der Waals surface area contributed by atoms with Gasteiger partial charge in [0, 0.05) is 32.7 Å². The van der Waals surface area contributed by atoms with Crippen molar-refractivity contribution in [2.24, 2.45) is 5.92 Å². The van der Waals surface area contributed by atoms with Crippen molar-refractivity contribution in [2.45, 2.75) is 26.3 Å². The zero-order valence-corrected chi connectivity index (χ0v) is 16.6. The number of rotatable bonds is 9. The van der Waals surface area contributed by atoms with Gasteiger partial charge in [-0.2, -0.15) is 0 Å². The van der Waals surface area contributed by atoms with Gasteiger partial charge in [-0.3, -0.25) is 9.59 Å². The van der Waals surface area contributed by atoms with E-state index in [-0.39, 0.29) is 17.7 Å². The standard InChI is InChI=1S/C20H32N4O3/c1-15(2)18(23-19(25)16-7-4-5-8-17(16)27-3)20(26)22-9-6-12-24-13-10-21-11-14-24/h4-5,7-8,15,18,21H,6,9-14H2,1-3H3,(H,22,26)(H,23,25). The first-order valence-electron chi connectivity index (χ1n) is 9.67. The molecule has 1 fully saturated rings. The average molecular weight is 377 g/mol. The number of carbonyl (C=O) groups excluding carboxylic acids is 2. The molecule has 0 aliphatic carbocycles. The number of carbonyl (C=O) groups is 2. The second-order valence-electron chi connectivity index (χ2n) is 7.13. The van der Waals surface area contributed by atoms with Crippen molar-refractivity contribution in [1.82, 2.24) is 20.9 Å². The SMILES string of the molecule is COc1ccccc1C(=O)NC(C(=O)NCCCN1CCNCC1)C(C)C. The highest BCUT2D eigenvalue weighted by Gasteiger charge is 2.25. The van der Waals surface area contributed by atoms with Crippen molar-refractivity contribution < 1.29 is 14.3 Å². The zero-order valence-electron chi connectivity index (χ0n) is 16.6. The summed E-state index contributed by atoms with van der Waals surface area (Å²) in [7, 11) is 1.52. The molecule has 1 atom stereocenters. The molecule has 2 amide bonds. The molecule has 0 aromatic heterocycles. The van der Waals surface area contributed by atoms with E-state index in [0.717, 1.165) is 39.1 Å². The Labute approximate surface area is 161 Å². The molecule has 7 heteroatoms. The molecule has 0 spiro atoms. The molecule has 1 aromatic rings. The molecule has 150 valence electrons. The number of amides is 2. The number of methoxy groups -OCH3 is 1. The van der Waals surface area contributed by atoms with Crippen LogP contribution in [0.15, 0.2) is 24.3 Å². The third kappa shape index (κ3) is 6.52. The summed E-state index contributed by atoms with van der Waals surface area (Å²) in [6, 6.07) is 6.42. The predicted octanol–water partition coefficient (Wildman–Crippen LogP) is 0.861. The van der Waals surface area contributed by atoms with Crippen LogP contribution >= 0.6 is 0 Å². The third-order valence-electron chi connectivity index (χ3n) is 4.75. The van der Waals surface area contributed by atoms with E-state index >= 15 is 0 Å². The number of benzene rings is 1. The van der Waals surface area contributed by atoms with E-state index in [4.69, 9.17) is 4.74 Å². The Morgan fingerprint density at radius 2 is 1.93 bits per heavy atom. The Morgan fingerprint density at radius 1 is 1.22 bits per heavy atom. The van der Waals surface area contributed by atoms with Crippen molar-refractivity contribution >= 4 is 11.8 Å². The number of nitrogens with zero attached hydrogens (tertiary/aromatic N) is 1. The highest BCUT2D eigenvalue weighted by atomic mass is 16.5. The van der Waals surface area contributed by atoms with Gasteiger partial charge in [0.15, 0.2) is 0 Å². The predicted molar refractivity (Wildman–Crippen MR) is 106 cm³/mol. The second kappa shape index (κ2) is 10.9. The Bertz CT molecular complexity index is 615. The van der Waals surface area contributed by atoms with Crippen molar-refractivity contribution in [1.29, 1.82) is 0 Å². The van der Waals surface area contributed by atoms with Gasteiger partial charge in [0.2, 0.25) is 5.91 Å². The zero-order chi connectivity index (χ0) is 19.6. The molecule has 2 rings (SSSR count). The maximum Gasteiger partial charge on any atom is 0.255 e. The van der Waals surface area contributed by atoms with Crippen LogP contribution in [0.25, 0.3) is 0 Å². The van der Waals surface area contributed by atoms with Crippen molar-refractivity contribution in [3.8, 4) is 5.75 Å². The molecule has 7 nitrogen and oxygen atoms in total. The summed E-state index contributed by atoms with van der Waals surface area (Å²) < 4.78 is 5.24. The fourth-order valence-electron chi connectivity index (χ4n) is 3.15. The summed E-state index contributed by atoms with van der Waals surface area (Å²) in [5.41, 5.74) is 0.428. The van der Waals surface area contributed by atoms with E-state index < -0.39 is 6.04 Å². The summed E-state index contributed by atoms with van der Waals surface area (Å²) in [4.78, 5) is 27.6. The Kier molecular flexibility index (Phi) is 8.54. The fraction of sp³-hybridized carbons (Fsp3) is 0.600. The van der Waals surface area contributed by atoms with Gasteiger partial charge in [-0.25, -0.2) is 0 Å². The third-order valence-corrected chi connectivity index (χ3v) is 4.75. The fourth-order valence-corrected chi connectivity index (χ4v) is 3.15. The van der Waals surface area contributed by atoms with E-state index in [1.165, 1.54) is 7.11 Å². The van der Waals surface area contributed by atoms with Crippen LogP contribution in [-0.2, 0) is 4.79 Å². The molecule has 3 N–H and O–H groups in total. The first-order chi connectivity index (χ1) is 13.0. The summed E-state index contributed by atoms with van der Waals surface area (Å²) in [5, 5.41) is 9.14. The first-order valence-corrected chi connectivity index (χ1v) is 9.67. The van der Waals surface area contributed by atoms with E-state index in [1.807, 2.05) is 13.8 Å². The molecule has 1 aliphatic rings. The smallest absolute Gasteiger partial charge is 0.255 e. The van der Waals surface area contributed by atoms with E-state index in [9.17, 15) is 9.59 Å². The van der Waals surface area contributed by atoms with Crippen molar-refractivity contribution in [3.05, 3.63) is 29.8 Å². The largest absolute Gasteiger partial charge is 0.496 e. The molecule has 1 aromatic carbocycles. The lowest BCUT2D eigenvalue weighted by Gasteiger charge is -2.27. The Balaban J connectivity index is 1.84. The lowest BCUT2D eigenvalue weighted by atomic mass is 10.0. The normalized spacial score (nSPS) is 16.0. The highest BCUT2D eigenvalue weighted by molar-refractivity contribution is 5.99. The number of nitrogens with one attached hydrogen (secondary N) is 3. The van der Waals surface area contributed by atoms with Gasteiger partial charge in [-0.05, 0) is 31.0 Å². The summed E-state index contributed by atoms with van der Waals surface area (Å²) in [6.07, 6.45) is 0.900. The minimum atomic E-state index is -0.582. The molecule has 0 saturated carbocycles. The monoisotopic (exact) mass is 376 g/mol. The maximum atomic E-state index is 12.6. The quantitative estimate of drug-likeness (QED) is 0.557. The Hall–Kier alpha value is -2.12. The van der Waals surface area contributed by atoms with Crippen molar-refractivity contribution in [2.75, 3.05) is 46.4 Å². The van der Waals surface area contributed by atoms with Gasteiger partial charge in [-0.1, -0.05) is 26.0 Å². The molecule has 0 radical (unpaired) electrons. The molecule has 27 heavy (non-hydrogen) atoms. The van der Waals surface area contributed by atoms with Crippen LogP contribution in [0, 0.1) is 5.92 Å². The number of piperazine rings is 1. The number of ether oxygens (including phenoxy) is 1. The van der Waals surface area contributed by atoms with Crippen LogP contribution in [-0.4, -0.2) is 69.1 Å². The minimum absolute atomic E-state index is 0.0168. The topological polar surface area (TPSA) is 82.7 Å². The van der Waals surface area contributed by atoms with Gasteiger partial charge >= 0.3 is 0 Å². The number of hydrogen-bond donors (Lipinski definition) is 3. The molecule has 1 aliphatic heterocycles. The maximum absolute atomic E-state index is 12.6. The second-order valence-corrected chi connectivity index (χ2v) is 7.13. The van der Waals surface area contributed by atoms with Gasteiger partial charge in [-0.15, -0.1) is 0 Å². The van der Waals surface area contributed by atoms with Crippen LogP contribution in [0.3, 0.4) is 0 Å². The van der Waals surface area contributed by atoms with Crippen LogP contribution < -0.4 is 20.7 Å². The molecule has 1 heterocycles. The van der Waals surface area contributed by atoms with Gasteiger partial charge in [0.05, 0.1) is 12.7 Å². The Morgan fingerprint density at radius 3 is 2.59 bits per heavy atom. The van der Waals surface area contributed by atoms with E-state index in [0.29, 0.717) is 17.9 Å². The molecular formula is C20H32N4O3. The number of hydrogen-bond acceptors (Lipinski definition) is 5. The number of para-hydroxylation sites is 1. The average Bonchev–Trinajstić information content (AvgIpc) is 2.69. The van der Waals surface area contributed by atoms with Gasteiger partial charge in [0.25, 0.3) is 5.91 Å². The minimum Gasteiger partial charge on any atom is -0.496 e. The van der Waals surface area contributed by atoms with Gasteiger partial charge < -0.3 is 25.6 Å². The lowest BCUT2D eigenvalue weighted by molar-refractivity contribution is -0.123. The van der Waals surface area contributed by atoms with Crippen LogP contribution in [0.2, 0.25) is 0 Å². The first kappa shape index (κ1) is 21.2. The molecule has 1 unspecified atom stereocenters. The van der Waals surface area contributed by atoms with Crippen molar-refractivity contribution in [3.63, 3.8) is 0 Å². The summed E-state index contributed by atoms with van der Waals surface area (Å²) >= 11 is 0. The van der Waals surface area contributed by atoms with E-state index in [2.05, 4.69) is 20.9 Å².